The lowest BCUT2D eigenvalue weighted by Gasteiger charge is -2.00. The average molecular weight is 185 g/mol. The summed E-state index contributed by atoms with van der Waals surface area (Å²) in [4.78, 5) is 0. The Morgan fingerprint density at radius 3 is 2.60 bits per heavy atom. The Hall–Kier alpha value is -0.0800. The van der Waals surface area contributed by atoms with Crippen LogP contribution in [0.15, 0.2) is 12.7 Å². The fraction of sp³-hybridized carbons (Fsp3) is 0.333. The molecule has 10 heavy (non-hydrogen) atoms. The van der Waals surface area contributed by atoms with Gasteiger partial charge in [-0.25, -0.2) is 0 Å². The van der Waals surface area contributed by atoms with E-state index in [2.05, 4.69) is 10.2 Å². The maximum Gasteiger partial charge on any atom is 0.408 e. The van der Waals surface area contributed by atoms with E-state index in [9.17, 15) is 8.42 Å². The van der Waals surface area contributed by atoms with Crippen LogP contribution in [0.25, 0.3) is 0 Å². The van der Waals surface area contributed by atoms with E-state index < -0.39 is 15.8 Å². The summed E-state index contributed by atoms with van der Waals surface area (Å²) in [7, 11) is -4.39. The second-order valence-electron chi connectivity index (χ2n) is 1.29. The molecule has 0 aliphatic rings. The van der Waals surface area contributed by atoms with Crippen molar-refractivity contribution in [2.45, 2.75) is 5.37 Å². The van der Waals surface area contributed by atoms with E-state index in [0.29, 0.717) is 12.0 Å². The molecule has 0 bridgehead atoms. The van der Waals surface area contributed by atoms with E-state index in [1.165, 1.54) is 6.08 Å². The first kappa shape index (κ1) is 9.92. The van der Waals surface area contributed by atoms with Crippen molar-refractivity contribution in [2.24, 2.45) is 5.73 Å². The molecule has 0 saturated carbocycles. The Labute approximate surface area is 63.4 Å². The predicted octanol–water partition coefficient (Wildman–Crippen LogP) is -0.0752. The van der Waals surface area contributed by atoms with Crippen LogP contribution in [0.2, 0.25) is 0 Å². The lowest BCUT2D eigenvalue weighted by molar-refractivity contribution is 0.407. The van der Waals surface area contributed by atoms with Crippen LogP contribution in [0.5, 0.6) is 0 Å². The van der Waals surface area contributed by atoms with Crippen LogP contribution in [0.3, 0.4) is 0 Å². The molecule has 1 atom stereocenters. The van der Waals surface area contributed by atoms with Crippen molar-refractivity contribution in [3.63, 3.8) is 0 Å². The summed E-state index contributed by atoms with van der Waals surface area (Å²) in [6.45, 7) is 3.26. The maximum absolute atomic E-state index is 9.87. The van der Waals surface area contributed by atoms with Crippen LogP contribution in [0.4, 0.5) is 0 Å². The van der Waals surface area contributed by atoms with Gasteiger partial charge in [-0.2, -0.15) is 12.0 Å². The van der Waals surface area contributed by atoms with E-state index in [1.54, 1.807) is 0 Å². The molecule has 7 heteroatoms. The van der Waals surface area contributed by atoms with Crippen LogP contribution < -0.4 is 5.73 Å². The first-order chi connectivity index (χ1) is 4.45. The molecule has 0 fully saturated rings. The minimum absolute atomic E-state index is 0.405. The molecule has 3 N–H and O–H groups in total. The fourth-order valence-corrected chi connectivity index (χ4v) is 0.973. The molecule has 5 nitrogen and oxygen atoms in total. The number of nitrogens with two attached hydrogens (primary N) is 1. The van der Waals surface area contributed by atoms with Gasteiger partial charge in [0.25, 0.3) is 0 Å². The zero-order valence-electron chi connectivity index (χ0n) is 4.93. The molecule has 1 unspecified atom stereocenters. The normalized spacial score (nSPS) is 14.6. The van der Waals surface area contributed by atoms with Gasteiger partial charge in [0.1, 0.15) is 0 Å². The summed E-state index contributed by atoms with van der Waals surface area (Å²) in [5.41, 5.74) is 5.12. The van der Waals surface area contributed by atoms with E-state index >= 15 is 0 Å². The highest BCUT2D eigenvalue weighted by molar-refractivity contribution is 8.03. The lowest BCUT2D eigenvalue weighted by atomic mass is 10.7. The monoisotopic (exact) mass is 185 g/mol. The molecule has 0 aromatic heterocycles. The topological polar surface area (TPSA) is 89.6 Å². The quantitative estimate of drug-likeness (QED) is 0.276. The van der Waals surface area contributed by atoms with Crippen molar-refractivity contribution in [3.05, 3.63) is 12.7 Å². The molecule has 0 aromatic carbocycles. The van der Waals surface area contributed by atoms with Gasteiger partial charge in [0, 0.05) is 12.0 Å². The number of rotatable bonds is 4. The van der Waals surface area contributed by atoms with Gasteiger partial charge < -0.3 is 5.73 Å². The Morgan fingerprint density at radius 1 is 1.80 bits per heavy atom. The summed E-state index contributed by atoms with van der Waals surface area (Å²) < 4.78 is 31.6. The second kappa shape index (κ2) is 3.94. The Morgan fingerprint density at radius 2 is 2.30 bits per heavy atom. The van der Waals surface area contributed by atoms with Gasteiger partial charge in [0.2, 0.25) is 0 Å². The first-order valence-corrected chi connectivity index (χ1v) is 4.33. The summed E-state index contributed by atoms with van der Waals surface area (Å²) in [5, 5.41) is -0.665. The van der Waals surface area contributed by atoms with E-state index in [1.807, 2.05) is 0 Å². The summed E-state index contributed by atoms with van der Waals surface area (Å²) in [6, 6.07) is 0. The maximum atomic E-state index is 9.87. The van der Waals surface area contributed by atoms with Crippen molar-refractivity contribution >= 4 is 22.4 Å². The highest BCUT2D eigenvalue weighted by atomic mass is 32.3. The number of hydrogen-bond acceptors (Lipinski definition) is 5. The van der Waals surface area contributed by atoms with E-state index in [0.717, 1.165) is 0 Å². The molecule has 0 aromatic rings. The van der Waals surface area contributed by atoms with Crippen LogP contribution >= 0.6 is 12.0 Å². The molecule has 60 valence electrons. The van der Waals surface area contributed by atoms with Crippen LogP contribution in [-0.2, 0) is 14.0 Å². The third-order valence-corrected chi connectivity index (χ3v) is 1.89. The first-order valence-electron chi connectivity index (χ1n) is 2.16. The van der Waals surface area contributed by atoms with Crippen LogP contribution in [-0.4, -0.2) is 18.3 Å². The van der Waals surface area contributed by atoms with Gasteiger partial charge in [-0.1, -0.05) is 6.08 Å². The summed E-state index contributed by atoms with van der Waals surface area (Å²) >= 11 is 0.405. The Bertz CT molecular complexity index is 199. The zero-order chi connectivity index (χ0) is 8.20. The van der Waals surface area contributed by atoms with Gasteiger partial charge in [0.05, 0.1) is 5.37 Å². The molecular formula is C3H7NO4S2. The zero-order valence-corrected chi connectivity index (χ0v) is 6.56. The third-order valence-electron chi connectivity index (χ3n) is 0.469. The van der Waals surface area contributed by atoms with Crippen LogP contribution in [0, 0.1) is 0 Å². The molecule has 0 rings (SSSR count). The molecule has 0 saturated heterocycles. The Balaban J connectivity index is 3.66. The molecule has 0 heterocycles. The smallest absolute Gasteiger partial charge is 0.314 e. The van der Waals surface area contributed by atoms with E-state index in [4.69, 9.17) is 10.3 Å². The SMILES string of the molecule is C=CC(N)SOS(=O)(=O)O. The summed E-state index contributed by atoms with van der Waals surface area (Å²) in [6.07, 6.45) is 1.27. The van der Waals surface area contributed by atoms with Gasteiger partial charge >= 0.3 is 10.4 Å². The van der Waals surface area contributed by atoms with Crippen molar-refractivity contribution in [3.8, 4) is 0 Å². The minimum Gasteiger partial charge on any atom is -0.314 e. The molecule has 0 aliphatic heterocycles. The van der Waals surface area contributed by atoms with Crippen LogP contribution in [0.1, 0.15) is 0 Å². The molecule has 0 aliphatic carbocycles. The van der Waals surface area contributed by atoms with Gasteiger partial charge in [-0.15, -0.1) is 6.58 Å². The average Bonchev–Trinajstić information content (AvgIpc) is 1.81. The Kier molecular flexibility index (Phi) is 3.91. The van der Waals surface area contributed by atoms with E-state index in [-0.39, 0.29) is 0 Å². The lowest BCUT2D eigenvalue weighted by Crippen LogP contribution is -2.13. The van der Waals surface area contributed by atoms with Gasteiger partial charge in [-0.3, -0.25) is 4.55 Å². The van der Waals surface area contributed by atoms with Crippen molar-refractivity contribution < 1.29 is 16.6 Å². The molecule has 0 radical (unpaired) electrons. The fourth-order valence-electron chi connectivity index (χ4n) is 0.134. The van der Waals surface area contributed by atoms with Gasteiger partial charge in [0.15, 0.2) is 0 Å². The highest BCUT2D eigenvalue weighted by Gasteiger charge is 2.07. The minimum atomic E-state index is -4.39. The third kappa shape index (κ3) is 6.05. The van der Waals surface area contributed by atoms with Crippen molar-refractivity contribution in [1.29, 1.82) is 0 Å². The van der Waals surface area contributed by atoms with Crippen molar-refractivity contribution in [1.82, 2.24) is 0 Å². The predicted molar refractivity (Wildman–Crippen MR) is 38.4 cm³/mol. The highest BCUT2D eigenvalue weighted by Crippen LogP contribution is 2.10. The van der Waals surface area contributed by atoms with Crippen molar-refractivity contribution in [2.75, 3.05) is 0 Å². The molecule has 0 amide bonds. The van der Waals surface area contributed by atoms with Gasteiger partial charge in [-0.05, 0) is 0 Å². The number of hydrogen-bond donors (Lipinski definition) is 2. The summed E-state index contributed by atoms with van der Waals surface area (Å²) in [5.74, 6) is 0. The standard InChI is InChI=1S/C3H7NO4S2/c1-2-3(4)9-8-10(5,6)7/h2-3H,1,4H2,(H,5,6,7). The molecule has 0 spiro atoms. The largest absolute Gasteiger partial charge is 0.408 e. The second-order valence-corrected chi connectivity index (χ2v) is 3.43. The molecular weight excluding hydrogens is 178 g/mol.